The minimum atomic E-state index is -0.931. The normalized spacial score (nSPS) is 13.0. The van der Waals surface area contributed by atoms with Crippen LogP contribution in [0.25, 0.3) is 11.1 Å². The fourth-order valence-corrected chi connectivity index (χ4v) is 3.93. The van der Waals surface area contributed by atoms with Crippen molar-refractivity contribution in [1.82, 2.24) is 5.32 Å². The Morgan fingerprint density at radius 3 is 2.30 bits per heavy atom. The van der Waals surface area contributed by atoms with Crippen molar-refractivity contribution in [1.29, 1.82) is 0 Å². The number of ether oxygens (including phenoxy) is 1. The third-order valence-corrected chi connectivity index (χ3v) is 5.74. The third kappa shape index (κ3) is 4.74. The predicted molar refractivity (Wildman–Crippen MR) is 121 cm³/mol. The first-order chi connectivity index (χ1) is 16.0. The van der Waals surface area contributed by atoms with Crippen molar-refractivity contribution >= 4 is 23.7 Å². The molecule has 2 amide bonds. The van der Waals surface area contributed by atoms with Crippen LogP contribution in [0.1, 0.15) is 40.9 Å². The molecule has 1 aromatic heterocycles. The fraction of sp³-hybridized carbons (Fsp3) is 0.240. The van der Waals surface area contributed by atoms with Gasteiger partial charge in [-0.3, -0.25) is 14.9 Å². The maximum absolute atomic E-state index is 12.5. The molecule has 3 N–H and O–H groups in total. The molecule has 0 aliphatic heterocycles. The van der Waals surface area contributed by atoms with Gasteiger partial charge in [-0.15, -0.1) is 0 Å². The Bertz CT molecular complexity index is 1140. The van der Waals surface area contributed by atoms with Gasteiger partial charge < -0.3 is 19.6 Å². The highest BCUT2D eigenvalue weighted by molar-refractivity contribution is 6.00. The van der Waals surface area contributed by atoms with Gasteiger partial charge in [-0.05, 0) is 28.7 Å². The van der Waals surface area contributed by atoms with Gasteiger partial charge in [-0.25, -0.2) is 4.79 Å². The van der Waals surface area contributed by atoms with Crippen LogP contribution in [0.5, 0.6) is 0 Å². The number of fused-ring (bicyclic) bond motifs is 3. The van der Waals surface area contributed by atoms with Gasteiger partial charge in [-0.2, -0.15) is 0 Å². The van der Waals surface area contributed by atoms with E-state index in [2.05, 4.69) is 22.8 Å². The number of carboxylic acid groups (broad SMARTS) is 1. The van der Waals surface area contributed by atoms with E-state index in [1.165, 1.54) is 12.3 Å². The van der Waals surface area contributed by atoms with E-state index in [9.17, 15) is 14.4 Å². The Labute approximate surface area is 190 Å². The SMILES string of the molecule is CC(CCNC(=O)c1occc1NC(=O)OCC1c2ccccc2-c2ccccc21)C(=O)O. The van der Waals surface area contributed by atoms with E-state index in [0.717, 1.165) is 22.3 Å². The molecule has 2 aromatic carbocycles. The Balaban J connectivity index is 1.36. The number of carboxylic acids is 1. The molecule has 0 bridgehead atoms. The van der Waals surface area contributed by atoms with Crippen molar-refractivity contribution in [3.63, 3.8) is 0 Å². The summed E-state index contributed by atoms with van der Waals surface area (Å²) in [6.45, 7) is 1.87. The quantitative estimate of drug-likeness (QED) is 0.468. The van der Waals surface area contributed by atoms with Crippen LogP contribution in [-0.4, -0.2) is 36.2 Å². The highest BCUT2D eigenvalue weighted by Gasteiger charge is 2.29. The summed E-state index contributed by atoms with van der Waals surface area (Å²) in [6, 6.07) is 17.5. The van der Waals surface area contributed by atoms with Crippen molar-refractivity contribution in [2.75, 3.05) is 18.5 Å². The molecule has 0 radical (unpaired) electrons. The first kappa shape index (κ1) is 22.1. The zero-order chi connectivity index (χ0) is 23.4. The molecule has 0 saturated carbocycles. The molecule has 1 unspecified atom stereocenters. The highest BCUT2D eigenvalue weighted by Crippen LogP contribution is 2.44. The number of furan rings is 1. The smallest absolute Gasteiger partial charge is 0.411 e. The van der Waals surface area contributed by atoms with Crippen LogP contribution in [0.3, 0.4) is 0 Å². The van der Waals surface area contributed by atoms with Crippen LogP contribution in [0.4, 0.5) is 10.5 Å². The zero-order valence-corrected chi connectivity index (χ0v) is 18.0. The average Bonchev–Trinajstić information content (AvgIpc) is 3.40. The van der Waals surface area contributed by atoms with Gasteiger partial charge in [0, 0.05) is 18.5 Å². The number of benzene rings is 2. The zero-order valence-electron chi connectivity index (χ0n) is 18.0. The number of hydrogen-bond acceptors (Lipinski definition) is 5. The van der Waals surface area contributed by atoms with Crippen molar-refractivity contribution in [3.8, 4) is 11.1 Å². The van der Waals surface area contributed by atoms with E-state index < -0.39 is 23.9 Å². The lowest BCUT2D eigenvalue weighted by Crippen LogP contribution is -2.28. The van der Waals surface area contributed by atoms with Gasteiger partial charge in [-0.1, -0.05) is 55.5 Å². The highest BCUT2D eigenvalue weighted by atomic mass is 16.5. The van der Waals surface area contributed by atoms with Gasteiger partial charge in [0.2, 0.25) is 5.76 Å². The number of carbonyl (C=O) groups excluding carboxylic acids is 2. The van der Waals surface area contributed by atoms with E-state index in [4.69, 9.17) is 14.3 Å². The van der Waals surface area contributed by atoms with E-state index in [1.807, 2.05) is 36.4 Å². The lowest BCUT2D eigenvalue weighted by Gasteiger charge is -2.14. The standard InChI is InChI=1S/C25H24N2O6/c1-15(24(29)30)10-12-26-23(28)22-21(11-13-32-22)27-25(31)33-14-20-18-8-4-2-6-16(18)17-7-3-5-9-19(17)20/h2-9,11,13,15,20H,10,12,14H2,1H3,(H,26,28)(H,27,31)(H,29,30). The summed E-state index contributed by atoms with van der Waals surface area (Å²) in [5.41, 5.74) is 4.65. The van der Waals surface area contributed by atoms with Crippen molar-refractivity contribution in [3.05, 3.63) is 77.7 Å². The maximum Gasteiger partial charge on any atom is 0.411 e. The minimum absolute atomic E-state index is 0.0773. The summed E-state index contributed by atoms with van der Waals surface area (Å²) in [6.07, 6.45) is 0.858. The predicted octanol–water partition coefficient (Wildman–Crippen LogP) is 4.48. The lowest BCUT2D eigenvalue weighted by atomic mass is 9.98. The Morgan fingerprint density at radius 1 is 1.03 bits per heavy atom. The molecule has 1 heterocycles. The molecule has 4 rings (SSSR count). The van der Waals surface area contributed by atoms with Crippen LogP contribution in [0.15, 0.2) is 65.3 Å². The molecule has 0 spiro atoms. The monoisotopic (exact) mass is 448 g/mol. The van der Waals surface area contributed by atoms with Crippen molar-refractivity contribution in [2.45, 2.75) is 19.3 Å². The first-order valence-corrected chi connectivity index (χ1v) is 10.7. The number of nitrogens with one attached hydrogen (secondary N) is 2. The molecule has 1 atom stereocenters. The summed E-state index contributed by atoms with van der Waals surface area (Å²) in [7, 11) is 0. The molecule has 170 valence electrons. The summed E-state index contributed by atoms with van der Waals surface area (Å²) >= 11 is 0. The van der Waals surface area contributed by atoms with E-state index in [1.54, 1.807) is 6.92 Å². The van der Waals surface area contributed by atoms with Crippen LogP contribution in [0, 0.1) is 5.92 Å². The Kier molecular flexibility index (Phi) is 6.44. The second-order valence-electron chi connectivity index (χ2n) is 7.90. The minimum Gasteiger partial charge on any atom is -0.481 e. The molecular weight excluding hydrogens is 424 g/mol. The van der Waals surface area contributed by atoms with Gasteiger partial charge in [0.25, 0.3) is 5.91 Å². The van der Waals surface area contributed by atoms with Gasteiger partial charge in [0.1, 0.15) is 6.61 Å². The first-order valence-electron chi connectivity index (χ1n) is 10.7. The number of anilines is 1. The second-order valence-corrected chi connectivity index (χ2v) is 7.90. The lowest BCUT2D eigenvalue weighted by molar-refractivity contribution is -0.141. The third-order valence-electron chi connectivity index (χ3n) is 5.74. The number of hydrogen-bond donors (Lipinski definition) is 3. The van der Waals surface area contributed by atoms with Gasteiger partial charge in [0.05, 0.1) is 17.9 Å². The van der Waals surface area contributed by atoms with Crippen molar-refractivity contribution in [2.24, 2.45) is 5.92 Å². The van der Waals surface area contributed by atoms with Gasteiger partial charge in [0.15, 0.2) is 0 Å². The largest absolute Gasteiger partial charge is 0.481 e. The Morgan fingerprint density at radius 2 is 1.67 bits per heavy atom. The second kappa shape index (κ2) is 9.60. The molecule has 33 heavy (non-hydrogen) atoms. The molecule has 0 fully saturated rings. The van der Waals surface area contributed by atoms with Crippen LogP contribution < -0.4 is 10.6 Å². The molecule has 8 nitrogen and oxygen atoms in total. The number of amides is 2. The Hall–Kier alpha value is -4.07. The van der Waals surface area contributed by atoms with Gasteiger partial charge >= 0.3 is 12.1 Å². The summed E-state index contributed by atoms with van der Waals surface area (Å²) in [5, 5.41) is 14.1. The number of rotatable bonds is 8. The average molecular weight is 448 g/mol. The fourth-order valence-electron chi connectivity index (χ4n) is 3.93. The van der Waals surface area contributed by atoms with Crippen LogP contribution in [-0.2, 0) is 9.53 Å². The van der Waals surface area contributed by atoms with E-state index in [-0.39, 0.29) is 36.9 Å². The molecule has 1 aliphatic rings. The van der Waals surface area contributed by atoms with Crippen molar-refractivity contribution < 1.29 is 28.6 Å². The summed E-state index contributed by atoms with van der Waals surface area (Å²) < 4.78 is 10.7. The summed E-state index contributed by atoms with van der Waals surface area (Å²) in [5.74, 6) is -2.22. The summed E-state index contributed by atoms with van der Waals surface area (Å²) in [4.78, 5) is 35.7. The van der Waals surface area contributed by atoms with Crippen LogP contribution >= 0.6 is 0 Å². The number of aliphatic carboxylic acids is 1. The maximum atomic E-state index is 12.5. The van der Waals surface area contributed by atoms with Crippen LogP contribution in [0.2, 0.25) is 0 Å². The molecule has 3 aromatic rings. The molecule has 1 aliphatic carbocycles. The topological polar surface area (TPSA) is 118 Å². The molecule has 8 heteroatoms. The van der Waals surface area contributed by atoms with E-state index in [0.29, 0.717) is 0 Å². The number of carbonyl (C=O) groups is 3. The molecule has 0 saturated heterocycles. The van der Waals surface area contributed by atoms with E-state index >= 15 is 0 Å². The molecular formula is C25H24N2O6.